The van der Waals surface area contributed by atoms with Crippen molar-refractivity contribution in [2.75, 3.05) is 20.2 Å². The van der Waals surface area contributed by atoms with Crippen molar-refractivity contribution in [3.63, 3.8) is 0 Å². The second-order valence-corrected chi connectivity index (χ2v) is 8.90. The average molecular weight is 391 g/mol. The van der Waals surface area contributed by atoms with Crippen LogP contribution in [0.15, 0.2) is 27.6 Å². The van der Waals surface area contributed by atoms with E-state index in [1.165, 1.54) is 7.11 Å². The Kier molecular flexibility index (Phi) is 5.53. The molecule has 0 radical (unpaired) electrons. The molecule has 0 aliphatic carbocycles. The smallest absolute Gasteiger partial charge is 0.244 e. The molecule has 124 valence electrons. The highest BCUT2D eigenvalue weighted by Crippen LogP contribution is 2.31. The summed E-state index contributed by atoms with van der Waals surface area (Å²) in [5, 5.41) is 3.41. The zero-order valence-electron chi connectivity index (χ0n) is 13.1. The van der Waals surface area contributed by atoms with Gasteiger partial charge in [0.1, 0.15) is 10.6 Å². The molecule has 0 saturated carbocycles. The minimum Gasteiger partial charge on any atom is -0.495 e. The lowest BCUT2D eigenvalue weighted by atomic mass is 9.78. The van der Waals surface area contributed by atoms with Crippen LogP contribution in [0.3, 0.4) is 0 Å². The van der Waals surface area contributed by atoms with Crippen LogP contribution in [-0.4, -0.2) is 34.7 Å². The molecular formula is C15H23BrN2O3S. The first-order valence-corrected chi connectivity index (χ1v) is 9.60. The monoisotopic (exact) mass is 390 g/mol. The number of halogens is 1. The molecule has 1 unspecified atom stereocenters. The number of methoxy groups -OCH3 is 1. The standard InChI is InChI=1S/C15H23BrN2O3S/c1-15(2)7-4-8-17-14(15)10-18-22(19,20)13-9-11(16)5-6-12(13)21-3/h5-6,9,14,17-18H,4,7-8,10H2,1-3H3. The molecular weight excluding hydrogens is 368 g/mol. The molecule has 1 fully saturated rings. The van der Waals surface area contributed by atoms with E-state index < -0.39 is 10.0 Å². The second kappa shape index (κ2) is 6.86. The predicted octanol–water partition coefficient (Wildman–Crippen LogP) is 2.51. The number of rotatable bonds is 5. The molecule has 7 heteroatoms. The number of nitrogens with one attached hydrogen (secondary N) is 2. The molecule has 2 N–H and O–H groups in total. The summed E-state index contributed by atoms with van der Waals surface area (Å²) in [6.07, 6.45) is 2.21. The summed E-state index contributed by atoms with van der Waals surface area (Å²) in [6.45, 7) is 5.62. The van der Waals surface area contributed by atoms with Crippen LogP contribution in [-0.2, 0) is 10.0 Å². The maximum absolute atomic E-state index is 12.6. The molecule has 2 rings (SSSR count). The Hall–Kier alpha value is -0.630. The molecule has 1 saturated heterocycles. The van der Waals surface area contributed by atoms with E-state index in [4.69, 9.17) is 4.74 Å². The van der Waals surface area contributed by atoms with Crippen LogP contribution < -0.4 is 14.8 Å². The zero-order chi connectivity index (χ0) is 16.4. The molecule has 1 aromatic rings. The Morgan fingerprint density at radius 1 is 1.45 bits per heavy atom. The first kappa shape index (κ1) is 17.7. The summed E-state index contributed by atoms with van der Waals surface area (Å²) < 4.78 is 33.7. The van der Waals surface area contributed by atoms with E-state index in [1.807, 2.05) is 0 Å². The van der Waals surface area contributed by atoms with Gasteiger partial charge in [-0.15, -0.1) is 0 Å². The van der Waals surface area contributed by atoms with Crippen molar-refractivity contribution in [1.29, 1.82) is 0 Å². The number of hydrogen-bond donors (Lipinski definition) is 2. The molecule has 0 bridgehead atoms. The summed E-state index contributed by atoms with van der Waals surface area (Å²) in [7, 11) is -2.15. The van der Waals surface area contributed by atoms with E-state index >= 15 is 0 Å². The minimum absolute atomic E-state index is 0.0716. The Bertz CT molecular complexity index is 632. The van der Waals surface area contributed by atoms with Crippen LogP contribution in [0, 0.1) is 5.41 Å². The van der Waals surface area contributed by atoms with Gasteiger partial charge in [-0.1, -0.05) is 29.8 Å². The molecule has 22 heavy (non-hydrogen) atoms. The lowest BCUT2D eigenvalue weighted by Crippen LogP contribution is -2.52. The Labute approximate surface area is 141 Å². The molecule has 1 aliphatic heterocycles. The van der Waals surface area contributed by atoms with E-state index in [2.05, 4.69) is 39.8 Å². The molecule has 1 heterocycles. The fourth-order valence-electron chi connectivity index (χ4n) is 2.75. The Morgan fingerprint density at radius 3 is 2.82 bits per heavy atom. The highest BCUT2D eigenvalue weighted by atomic mass is 79.9. The SMILES string of the molecule is COc1ccc(Br)cc1S(=O)(=O)NCC1NCCCC1(C)C. The fourth-order valence-corrected chi connectivity index (χ4v) is 4.50. The van der Waals surface area contributed by atoms with Crippen molar-refractivity contribution in [2.45, 2.75) is 37.6 Å². The lowest BCUT2D eigenvalue weighted by Gasteiger charge is -2.39. The first-order chi connectivity index (χ1) is 10.3. The third-order valence-electron chi connectivity index (χ3n) is 4.22. The van der Waals surface area contributed by atoms with Gasteiger partial charge in [0.25, 0.3) is 0 Å². The van der Waals surface area contributed by atoms with Crippen molar-refractivity contribution in [3.05, 3.63) is 22.7 Å². The van der Waals surface area contributed by atoms with Crippen LogP contribution in [0.5, 0.6) is 5.75 Å². The Morgan fingerprint density at radius 2 is 2.18 bits per heavy atom. The van der Waals surface area contributed by atoms with Gasteiger partial charge < -0.3 is 10.1 Å². The van der Waals surface area contributed by atoms with Crippen LogP contribution in [0.25, 0.3) is 0 Å². The van der Waals surface area contributed by atoms with E-state index in [0.29, 0.717) is 16.8 Å². The number of hydrogen-bond acceptors (Lipinski definition) is 4. The van der Waals surface area contributed by atoms with Crippen LogP contribution in [0.4, 0.5) is 0 Å². The van der Waals surface area contributed by atoms with Gasteiger partial charge in [0.2, 0.25) is 10.0 Å². The average Bonchev–Trinajstić information content (AvgIpc) is 2.45. The number of benzene rings is 1. The molecule has 1 aromatic carbocycles. The fraction of sp³-hybridized carbons (Fsp3) is 0.600. The van der Waals surface area contributed by atoms with Crippen molar-refractivity contribution >= 4 is 26.0 Å². The van der Waals surface area contributed by atoms with Crippen LogP contribution in [0.1, 0.15) is 26.7 Å². The number of sulfonamides is 1. The van der Waals surface area contributed by atoms with Crippen molar-refractivity contribution < 1.29 is 13.2 Å². The van der Waals surface area contributed by atoms with Gasteiger partial charge in [0, 0.05) is 17.1 Å². The molecule has 1 aliphatic rings. The summed E-state index contributed by atoms with van der Waals surface area (Å²) in [5.74, 6) is 0.339. The van der Waals surface area contributed by atoms with E-state index in [9.17, 15) is 8.42 Å². The van der Waals surface area contributed by atoms with Gasteiger partial charge in [0.05, 0.1) is 7.11 Å². The predicted molar refractivity (Wildman–Crippen MR) is 90.7 cm³/mol. The molecule has 1 atom stereocenters. The summed E-state index contributed by atoms with van der Waals surface area (Å²) in [5.41, 5.74) is 0.0716. The Balaban J connectivity index is 2.16. The molecule has 0 spiro atoms. The highest BCUT2D eigenvalue weighted by Gasteiger charge is 2.33. The topological polar surface area (TPSA) is 67.4 Å². The maximum atomic E-state index is 12.6. The highest BCUT2D eigenvalue weighted by molar-refractivity contribution is 9.10. The second-order valence-electron chi connectivity index (χ2n) is 6.25. The van der Waals surface area contributed by atoms with Gasteiger partial charge in [0.15, 0.2) is 0 Å². The van der Waals surface area contributed by atoms with E-state index in [0.717, 1.165) is 19.4 Å². The normalized spacial score (nSPS) is 21.5. The van der Waals surface area contributed by atoms with Gasteiger partial charge in [-0.25, -0.2) is 13.1 Å². The first-order valence-electron chi connectivity index (χ1n) is 7.33. The summed E-state index contributed by atoms with van der Waals surface area (Å²) in [4.78, 5) is 0.151. The largest absolute Gasteiger partial charge is 0.495 e. The van der Waals surface area contributed by atoms with Crippen LogP contribution >= 0.6 is 15.9 Å². The third kappa shape index (κ3) is 4.01. The van der Waals surface area contributed by atoms with Gasteiger partial charge in [-0.2, -0.15) is 0 Å². The lowest BCUT2D eigenvalue weighted by molar-refractivity contribution is 0.181. The van der Waals surface area contributed by atoms with Gasteiger partial charge in [-0.3, -0.25) is 0 Å². The van der Waals surface area contributed by atoms with Crippen molar-refractivity contribution in [2.24, 2.45) is 5.41 Å². The van der Waals surface area contributed by atoms with Crippen molar-refractivity contribution in [1.82, 2.24) is 10.0 Å². The summed E-state index contributed by atoms with van der Waals surface area (Å²) >= 11 is 3.30. The van der Waals surface area contributed by atoms with Crippen LogP contribution in [0.2, 0.25) is 0 Å². The number of ether oxygens (including phenoxy) is 1. The third-order valence-corrected chi connectivity index (χ3v) is 6.16. The van der Waals surface area contributed by atoms with Gasteiger partial charge >= 0.3 is 0 Å². The number of piperidine rings is 1. The zero-order valence-corrected chi connectivity index (χ0v) is 15.6. The molecule has 5 nitrogen and oxygen atoms in total. The maximum Gasteiger partial charge on any atom is 0.244 e. The molecule has 0 aromatic heterocycles. The minimum atomic E-state index is -3.62. The quantitative estimate of drug-likeness (QED) is 0.810. The van der Waals surface area contributed by atoms with Gasteiger partial charge in [-0.05, 0) is 43.0 Å². The van der Waals surface area contributed by atoms with E-state index in [-0.39, 0.29) is 16.4 Å². The molecule has 0 amide bonds. The summed E-state index contributed by atoms with van der Waals surface area (Å²) in [6, 6.07) is 5.07. The van der Waals surface area contributed by atoms with Crippen molar-refractivity contribution in [3.8, 4) is 5.75 Å². The van der Waals surface area contributed by atoms with E-state index in [1.54, 1.807) is 18.2 Å².